The monoisotopic (exact) mass is 220 g/mol. The zero-order valence-electron chi connectivity index (χ0n) is 9.23. The van der Waals surface area contributed by atoms with E-state index in [4.69, 9.17) is 10.8 Å². The number of nitrogens with two attached hydrogens (primary N) is 1. The fraction of sp³-hybridized carbons (Fsp3) is 0.250. The summed E-state index contributed by atoms with van der Waals surface area (Å²) < 4.78 is 0. The highest BCUT2D eigenvalue weighted by Crippen LogP contribution is 1.93. The Labute approximate surface area is 93.8 Å². The molecule has 0 saturated heterocycles. The van der Waals surface area contributed by atoms with Crippen LogP contribution in [0.3, 0.4) is 0 Å². The second kappa shape index (κ2) is 5.32. The minimum atomic E-state index is -0.988. The molecule has 0 saturated carbocycles. The molecule has 4 heteroatoms. The van der Waals surface area contributed by atoms with Crippen molar-refractivity contribution in [3.8, 4) is 0 Å². The van der Waals surface area contributed by atoms with Crippen molar-refractivity contribution in [3.63, 3.8) is 0 Å². The molecule has 4 nitrogen and oxygen atoms in total. The van der Waals surface area contributed by atoms with Gasteiger partial charge in [0.15, 0.2) is 0 Å². The third-order valence-corrected chi connectivity index (χ3v) is 2.37. The number of aromatic amines is 1. The number of aromatic nitrogens is 1. The van der Waals surface area contributed by atoms with Crippen LogP contribution in [-0.2, 0) is 11.2 Å². The van der Waals surface area contributed by atoms with Crippen LogP contribution >= 0.6 is 0 Å². The van der Waals surface area contributed by atoms with Crippen molar-refractivity contribution in [2.75, 3.05) is 0 Å². The molecule has 0 aromatic carbocycles. The van der Waals surface area contributed by atoms with E-state index < -0.39 is 12.0 Å². The van der Waals surface area contributed by atoms with Crippen LogP contribution in [0.2, 0.25) is 0 Å². The van der Waals surface area contributed by atoms with Gasteiger partial charge in [-0.25, -0.2) is 0 Å². The molecular weight excluding hydrogens is 204 g/mol. The first kappa shape index (κ1) is 12.3. The summed E-state index contributed by atoms with van der Waals surface area (Å²) >= 11 is 0. The van der Waals surface area contributed by atoms with Crippen molar-refractivity contribution < 1.29 is 9.90 Å². The molecule has 1 atom stereocenters. The molecule has 0 spiro atoms. The number of H-pyrrole nitrogens is 1. The lowest BCUT2D eigenvalue weighted by atomic mass is 10.1. The van der Waals surface area contributed by atoms with E-state index in [-0.39, 0.29) is 0 Å². The van der Waals surface area contributed by atoms with E-state index in [0.717, 1.165) is 16.1 Å². The van der Waals surface area contributed by atoms with Crippen molar-refractivity contribution in [1.82, 2.24) is 4.98 Å². The molecule has 16 heavy (non-hydrogen) atoms. The van der Waals surface area contributed by atoms with Gasteiger partial charge in [0.1, 0.15) is 6.04 Å². The number of aliphatic carboxylic acids is 1. The predicted molar refractivity (Wildman–Crippen MR) is 64.2 cm³/mol. The average Bonchev–Trinajstić information content (AvgIpc) is 2.61. The van der Waals surface area contributed by atoms with Crippen LogP contribution in [0.1, 0.15) is 12.5 Å². The molecule has 86 valence electrons. The lowest BCUT2D eigenvalue weighted by Gasteiger charge is -2.03. The molecule has 1 rings (SSSR count). The molecule has 0 aliphatic carbocycles. The molecule has 0 unspecified atom stereocenters. The van der Waals surface area contributed by atoms with Crippen LogP contribution in [0.25, 0.3) is 12.2 Å². The summed E-state index contributed by atoms with van der Waals surface area (Å²) in [5, 5.41) is 10.7. The van der Waals surface area contributed by atoms with Gasteiger partial charge in [-0.1, -0.05) is 18.7 Å². The van der Waals surface area contributed by atoms with E-state index in [1.807, 2.05) is 19.1 Å². The number of nitrogens with one attached hydrogen (secondary N) is 1. The summed E-state index contributed by atoms with van der Waals surface area (Å²) in [6, 6.07) is -0.869. The zero-order chi connectivity index (χ0) is 12.1. The lowest BCUT2D eigenvalue weighted by molar-refractivity contribution is -0.138. The van der Waals surface area contributed by atoms with Crippen molar-refractivity contribution in [1.29, 1.82) is 0 Å². The predicted octanol–water partition coefficient (Wildman–Crippen LogP) is -0.264. The molecule has 0 fully saturated rings. The van der Waals surface area contributed by atoms with Gasteiger partial charge < -0.3 is 15.8 Å². The Hall–Kier alpha value is -1.81. The smallest absolute Gasteiger partial charge is 0.320 e. The fourth-order valence-corrected chi connectivity index (χ4v) is 1.58. The molecule has 0 bridgehead atoms. The van der Waals surface area contributed by atoms with Crippen molar-refractivity contribution in [2.45, 2.75) is 19.4 Å². The molecular formula is C12H16N2O2. The normalized spacial score (nSPS) is 15.1. The van der Waals surface area contributed by atoms with Gasteiger partial charge in [0.05, 0.1) is 0 Å². The van der Waals surface area contributed by atoms with E-state index in [0.29, 0.717) is 6.42 Å². The van der Waals surface area contributed by atoms with Gasteiger partial charge in [-0.3, -0.25) is 4.79 Å². The Morgan fingerprint density at radius 3 is 2.94 bits per heavy atom. The maximum atomic E-state index is 10.7. The second-order valence-corrected chi connectivity index (χ2v) is 3.48. The molecule has 0 aliphatic heterocycles. The molecule has 1 heterocycles. The summed E-state index contributed by atoms with van der Waals surface area (Å²) in [5.41, 5.74) is 6.41. The highest BCUT2D eigenvalue weighted by molar-refractivity contribution is 5.73. The first-order valence-electron chi connectivity index (χ1n) is 5.04. The summed E-state index contributed by atoms with van der Waals surface area (Å²) in [6.07, 6.45) is 7.55. The van der Waals surface area contributed by atoms with Crippen LogP contribution < -0.4 is 16.3 Å². The first-order valence-corrected chi connectivity index (χ1v) is 5.04. The minimum Gasteiger partial charge on any atom is -0.480 e. The van der Waals surface area contributed by atoms with Gasteiger partial charge in [-0.2, -0.15) is 0 Å². The van der Waals surface area contributed by atoms with Crippen molar-refractivity contribution in [2.24, 2.45) is 5.73 Å². The summed E-state index contributed by atoms with van der Waals surface area (Å²) in [5.74, 6) is -0.988. The lowest BCUT2D eigenvalue weighted by Crippen LogP contribution is -2.35. The summed E-state index contributed by atoms with van der Waals surface area (Å²) in [4.78, 5) is 13.7. The Morgan fingerprint density at radius 2 is 2.44 bits per heavy atom. The Kier molecular flexibility index (Phi) is 4.08. The molecule has 0 amide bonds. The standard InChI is InChI=1S/C12H16N2O2/c1-3-5-11-9(4-2)8(7-14-11)6-10(13)12(15)16/h3-5,7,10,14H,1,6,13H2,2H3,(H,15,16)/b9-4-,11-5+/t10-/m0/s1. The van der Waals surface area contributed by atoms with E-state index in [1.165, 1.54) is 0 Å². The Balaban J connectivity index is 3.13. The molecule has 0 radical (unpaired) electrons. The maximum Gasteiger partial charge on any atom is 0.320 e. The number of carboxylic acid groups (broad SMARTS) is 1. The van der Waals surface area contributed by atoms with Gasteiger partial charge in [-0.05, 0) is 23.8 Å². The fourth-order valence-electron chi connectivity index (χ4n) is 1.58. The van der Waals surface area contributed by atoms with Crippen LogP contribution in [0.5, 0.6) is 0 Å². The SMILES string of the molecule is C=C/C=c1/[nH]cc(C[C@H](N)C(=O)O)/c1=C/C. The van der Waals surface area contributed by atoms with Gasteiger partial charge >= 0.3 is 5.97 Å². The van der Waals surface area contributed by atoms with Crippen LogP contribution in [-0.4, -0.2) is 22.1 Å². The van der Waals surface area contributed by atoms with Gasteiger partial charge in [0.2, 0.25) is 0 Å². The number of rotatable bonds is 4. The number of carboxylic acids is 1. The molecule has 4 N–H and O–H groups in total. The Morgan fingerprint density at radius 1 is 1.75 bits per heavy atom. The number of hydrogen-bond donors (Lipinski definition) is 3. The molecule has 1 aromatic rings. The first-order chi connectivity index (χ1) is 7.60. The summed E-state index contributed by atoms with van der Waals surface area (Å²) in [6.45, 7) is 5.52. The van der Waals surface area contributed by atoms with E-state index in [1.54, 1.807) is 12.3 Å². The van der Waals surface area contributed by atoms with Crippen molar-refractivity contribution >= 4 is 18.1 Å². The van der Waals surface area contributed by atoms with E-state index in [9.17, 15) is 4.79 Å². The number of hydrogen-bond acceptors (Lipinski definition) is 2. The molecule has 1 aromatic heterocycles. The van der Waals surface area contributed by atoms with Gasteiger partial charge in [0, 0.05) is 18.0 Å². The van der Waals surface area contributed by atoms with Crippen LogP contribution in [0, 0.1) is 0 Å². The number of allylic oxidation sites excluding steroid dienone is 1. The van der Waals surface area contributed by atoms with Gasteiger partial charge in [0.25, 0.3) is 0 Å². The topological polar surface area (TPSA) is 79.1 Å². The quantitative estimate of drug-likeness (QED) is 0.654. The maximum absolute atomic E-state index is 10.7. The summed E-state index contributed by atoms with van der Waals surface area (Å²) in [7, 11) is 0. The third kappa shape index (κ3) is 2.61. The largest absolute Gasteiger partial charge is 0.480 e. The average molecular weight is 220 g/mol. The van der Waals surface area contributed by atoms with Gasteiger partial charge in [-0.15, -0.1) is 0 Å². The second-order valence-electron chi connectivity index (χ2n) is 3.48. The zero-order valence-corrected chi connectivity index (χ0v) is 9.23. The highest BCUT2D eigenvalue weighted by Gasteiger charge is 2.13. The number of carbonyl (C=O) groups is 1. The van der Waals surface area contributed by atoms with Crippen molar-refractivity contribution in [3.05, 3.63) is 35.0 Å². The van der Waals surface area contributed by atoms with E-state index in [2.05, 4.69) is 11.6 Å². The Bertz CT molecular complexity index is 500. The van der Waals surface area contributed by atoms with E-state index >= 15 is 0 Å². The minimum absolute atomic E-state index is 0.316. The highest BCUT2D eigenvalue weighted by atomic mass is 16.4. The third-order valence-electron chi connectivity index (χ3n) is 2.37. The van der Waals surface area contributed by atoms with Crippen LogP contribution in [0.15, 0.2) is 18.9 Å². The molecule has 0 aliphatic rings. The van der Waals surface area contributed by atoms with Crippen LogP contribution in [0.4, 0.5) is 0 Å².